The molecule has 1 aliphatic heterocycles. The fraction of sp³-hybridized carbons (Fsp3) is 0.444. The molecular weight excluding hydrogens is 304 g/mol. The summed E-state index contributed by atoms with van der Waals surface area (Å²) in [4.78, 5) is 24.1. The SMILES string of the molecule is Cc1ccc(C(=O)C(=O)NCCc2nnc3n2CCCCC3)cc1. The van der Waals surface area contributed by atoms with Gasteiger partial charge in [0.05, 0.1) is 0 Å². The summed E-state index contributed by atoms with van der Waals surface area (Å²) < 4.78 is 2.15. The maximum absolute atomic E-state index is 12.1. The Kier molecular flexibility index (Phi) is 5.03. The zero-order valence-corrected chi connectivity index (χ0v) is 13.9. The standard InChI is InChI=1S/C18H22N4O2/c1-13-6-8-14(9-7-13)17(23)18(24)19-11-10-16-21-20-15-5-3-2-4-12-22(15)16/h6-9H,2-5,10-12H2,1H3,(H,19,24). The summed E-state index contributed by atoms with van der Waals surface area (Å²) >= 11 is 0. The minimum atomic E-state index is -0.575. The van der Waals surface area contributed by atoms with Crippen molar-refractivity contribution in [1.29, 1.82) is 0 Å². The first-order valence-electron chi connectivity index (χ1n) is 8.45. The lowest BCUT2D eigenvalue weighted by Gasteiger charge is -2.08. The van der Waals surface area contributed by atoms with E-state index in [9.17, 15) is 9.59 Å². The molecule has 0 radical (unpaired) electrons. The molecule has 3 rings (SSSR count). The summed E-state index contributed by atoms with van der Waals surface area (Å²) in [6.07, 6.45) is 5.05. The number of aryl methyl sites for hydroxylation is 2. The number of ketones is 1. The topological polar surface area (TPSA) is 76.9 Å². The van der Waals surface area contributed by atoms with E-state index in [1.807, 2.05) is 19.1 Å². The fourth-order valence-corrected chi connectivity index (χ4v) is 2.93. The van der Waals surface area contributed by atoms with E-state index in [1.165, 1.54) is 6.42 Å². The van der Waals surface area contributed by atoms with Crippen molar-refractivity contribution in [2.24, 2.45) is 0 Å². The second kappa shape index (κ2) is 7.38. The number of fused-ring (bicyclic) bond motifs is 1. The minimum Gasteiger partial charge on any atom is -0.349 e. The third-order valence-electron chi connectivity index (χ3n) is 4.34. The average molecular weight is 326 g/mol. The maximum atomic E-state index is 12.1. The quantitative estimate of drug-likeness (QED) is 0.672. The Morgan fingerprint density at radius 1 is 1.12 bits per heavy atom. The number of hydrogen-bond donors (Lipinski definition) is 1. The molecule has 2 aromatic rings. The Balaban J connectivity index is 1.54. The second-order valence-corrected chi connectivity index (χ2v) is 6.20. The number of amides is 1. The van der Waals surface area contributed by atoms with Crippen molar-refractivity contribution in [2.75, 3.05) is 6.54 Å². The number of hydrogen-bond acceptors (Lipinski definition) is 4. The van der Waals surface area contributed by atoms with E-state index < -0.39 is 11.7 Å². The largest absolute Gasteiger partial charge is 0.349 e. The van der Waals surface area contributed by atoms with Crippen LogP contribution in [0.2, 0.25) is 0 Å². The van der Waals surface area contributed by atoms with Crippen molar-refractivity contribution in [2.45, 2.75) is 45.6 Å². The van der Waals surface area contributed by atoms with Gasteiger partial charge < -0.3 is 9.88 Å². The van der Waals surface area contributed by atoms with Gasteiger partial charge in [0, 0.05) is 31.5 Å². The average Bonchev–Trinajstić information content (AvgIpc) is 2.81. The number of benzene rings is 1. The van der Waals surface area contributed by atoms with Gasteiger partial charge >= 0.3 is 0 Å². The molecule has 126 valence electrons. The third kappa shape index (κ3) is 3.69. The minimum absolute atomic E-state index is 0.384. The van der Waals surface area contributed by atoms with Crippen LogP contribution < -0.4 is 5.32 Å². The molecule has 2 heterocycles. The van der Waals surface area contributed by atoms with Crippen LogP contribution in [0.25, 0.3) is 0 Å². The molecule has 1 amide bonds. The summed E-state index contributed by atoms with van der Waals surface area (Å²) in [6, 6.07) is 7.00. The first-order valence-corrected chi connectivity index (χ1v) is 8.45. The van der Waals surface area contributed by atoms with E-state index in [4.69, 9.17) is 0 Å². The van der Waals surface area contributed by atoms with E-state index in [0.717, 1.165) is 43.0 Å². The fourth-order valence-electron chi connectivity index (χ4n) is 2.93. The normalized spacial score (nSPS) is 13.9. The van der Waals surface area contributed by atoms with Gasteiger partial charge in [0.1, 0.15) is 11.6 Å². The van der Waals surface area contributed by atoms with Crippen molar-refractivity contribution < 1.29 is 9.59 Å². The van der Waals surface area contributed by atoms with Crippen molar-refractivity contribution in [3.63, 3.8) is 0 Å². The molecule has 1 aromatic carbocycles. The lowest BCUT2D eigenvalue weighted by molar-refractivity contribution is -0.116. The molecular formula is C18H22N4O2. The van der Waals surface area contributed by atoms with Gasteiger partial charge in [-0.25, -0.2) is 0 Å². The van der Waals surface area contributed by atoms with E-state index in [-0.39, 0.29) is 0 Å². The molecule has 0 saturated carbocycles. The van der Waals surface area contributed by atoms with E-state index >= 15 is 0 Å². The van der Waals surface area contributed by atoms with Crippen LogP contribution in [-0.4, -0.2) is 33.0 Å². The van der Waals surface area contributed by atoms with Crippen molar-refractivity contribution >= 4 is 11.7 Å². The van der Waals surface area contributed by atoms with Crippen molar-refractivity contribution in [3.05, 3.63) is 47.0 Å². The van der Waals surface area contributed by atoms with Crippen LogP contribution in [0.3, 0.4) is 0 Å². The summed E-state index contributed by atoms with van der Waals surface area (Å²) in [6.45, 7) is 3.26. The highest BCUT2D eigenvalue weighted by Crippen LogP contribution is 2.14. The predicted octanol–water partition coefficient (Wildman–Crippen LogP) is 1.85. The van der Waals surface area contributed by atoms with Gasteiger partial charge in [0.2, 0.25) is 5.78 Å². The highest BCUT2D eigenvalue weighted by molar-refractivity contribution is 6.42. The number of nitrogens with zero attached hydrogens (tertiary/aromatic N) is 3. The van der Waals surface area contributed by atoms with Crippen LogP contribution >= 0.6 is 0 Å². The highest BCUT2D eigenvalue weighted by atomic mass is 16.2. The monoisotopic (exact) mass is 326 g/mol. The Bertz CT molecular complexity index is 734. The van der Waals surface area contributed by atoms with Gasteiger partial charge in [0.15, 0.2) is 0 Å². The molecule has 1 aliphatic rings. The molecule has 1 aromatic heterocycles. The molecule has 6 nitrogen and oxygen atoms in total. The van der Waals surface area contributed by atoms with Crippen LogP contribution in [0.15, 0.2) is 24.3 Å². The molecule has 0 atom stereocenters. The summed E-state index contributed by atoms with van der Waals surface area (Å²) in [5, 5.41) is 11.2. The molecule has 0 fully saturated rings. The Morgan fingerprint density at radius 2 is 1.92 bits per heavy atom. The summed E-state index contributed by atoms with van der Waals surface area (Å²) in [7, 11) is 0. The molecule has 0 bridgehead atoms. The van der Waals surface area contributed by atoms with Crippen LogP contribution in [0.1, 0.15) is 46.8 Å². The van der Waals surface area contributed by atoms with Crippen LogP contribution in [0, 0.1) is 6.92 Å². The van der Waals surface area contributed by atoms with E-state index in [0.29, 0.717) is 18.5 Å². The van der Waals surface area contributed by atoms with Crippen molar-refractivity contribution in [3.8, 4) is 0 Å². The molecule has 0 saturated heterocycles. The lowest BCUT2D eigenvalue weighted by Crippen LogP contribution is -2.33. The number of Topliss-reactive ketones (excluding diaryl/α,β-unsaturated/α-hetero) is 1. The number of aromatic nitrogens is 3. The summed E-state index contributed by atoms with van der Waals surface area (Å²) in [5.41, 5.74) is 1.47. The third-order valence-corrected chi connectivity index (χ3v) is 4.34. The molecule has 24 heavy (non-hydrogen) atoms. The van der Waals surface area contributed by atoms with Gasteiger partial charge in [-0.15, -0.1) is 10.2 Å². The zero-order chi connectivity index (χ0) is 16.9. The Hall–Kier alpha value is -2.50. The number of carbonyl (C=O) groups is 2. The first-order chi connectivity index (χ1) is 11.6. The first kappa shape index (κ1) is 16.4. The molecule has 0 unspecified atom stereocenters. The number of rotatable bonds is 5. The molecule has 6 heteroatoms. The lowest BCUT2D eigenvalue weighted by atomic mass is 10.1. The molecule has 1 N–H and O–H groups in total. The predicted molar refractivity (Wildman–Crippen MR) is 89.8 cm³/mol. The van der Waals surface area contributed by atoms with Crippen LogP contribution in [0.5, 0.6) is 0 Å². The highest BCUT2D eigenvalue weighted by Gasteiger charge is 2.17. The number of carbonyl (C=O) groups excluding carboxylic acids is 2. The molecule has 0 spiro atoms. The van der Waals surface area contributed by atoms with Crippen molar-refractivity contribution in [1.82, 2.24) is 20.1 Å². The van der Waals surface area contributed by atoms with Gasteiger partial charge in [-0.1, -0.05) is 36.2 Å². The number of nitrogens with one attached hydrogen (secondary N) is 1. The molecule has 0 aliphatic carbocycles. The second-order valence-electron chi connectivity index (χ2n) is 6.20. The van der Waals surface area contributed by atoms with Crippen LogP contribution in [0.4, 0.5) is 0 Å². The maximum Gasteiger partial charge on any atom is 0.292 e. The Morgan fingerprint density at radius 3 is 2.71 bits per heavy atom. The van der Waals surface area contributed by atoms with E-state index in [2.05, 4.69) is 20.1 Å². The van der Waals surface area contributed by atoms with Gasteiger partial charge in [-0.05, 0) is 19.8 Å². The smallest absolute Gasteiger partial charge is 0.292 e. The van der Waals surface area contributed by atoms with Crippen LogP contribution in [-0.2, 0) is 24.2 Å². The zero-order valence-electron chi connectivity index (χ0n) is 13.9. The van der Waals surface area contributed by atoms with Gasteiger partial charge in [0.25, 0.3) is 5.91 Å². The van der Waals surface area contributed by atoms with E-state index in [1.54, 1.807) is 12.1 Å². The summed E-state index contributed by atoms with van der Waals surface area (Å²) in [5.74, 6) is 0.837. The van der Waals surface area contributed by atoms with Gasteiger partial charge in [-0.3, -0.25) is 9.59 Å². The Labute approximate surface area is 141 Å². The van der Waals surface area contributed by atoms with Gasteiger partial charge in [-0.2, -0.15) is 0 Å².